The molecule has 60 valence electrons. The Kier molecular flexibility index (Phi) is 1.98. The highest BCUT2D eigenvalue weighted by atomic mass is 19.1. The quantitative estimate of drug-likeness (QED) is 0.672. The maximum absolute atomic E-state index is 12.7. The second kappa shape index (κ2) is 2.78. The van der Waals surface area contributed by atoms with Crippen molar-refractivity contribution in [1.29, 1.82) is 0 Å². The highest BCUT2D eigenvalue weighted by Gasteiger charge is 2.07. The molecule has 0 saturated carbocycles. The summed E-state index contributed by atoms with van der Waals surface area (Å²) in [6.45, 7) is 1.73. The standard InChI is InChI=1S/C8H9FO2/c1-5-3-6(9)8(10)7(4-5)11-2/h3-4,10H,1-2H3. The van der Waals surface area contributed by atoms with Gasteiger partial charge in [0.2, 0.25) is 0 Å². The van der Waals surface area contributed by atoms with Gasteiger partial charge in [-0.25, -0.2) is 4.39 Å². The third-order valence-electron chi connectivity index (χ3n) is 1.39. The van der Waals surface area contributed by atoms with Crippen LogP contribution in [-0.4, -0.2) is 12.2 Å². The Morgan fingerprint density at radius 3 is 2.64 bits per heavy atom. The molecule has 0 aliphatic heterocycles. The zero-order valence-corrected chi connectivity index (χ0v) is 6.39. The fourth-order valence-electron chi connectivity index (χ4n) is 0.858. The van der Waals surface area contributed by atoms with Crippen LogP contribution in [0.15, 0.2) is 12.1 Å². The summed E-state index contributed by atoms with van der Waals surface area (Å²) in [5.74, 6) is -0.914. The highest BCUT2D eigenvalue weighted by molar-refractivity contribution is 5.42. The molecule has 3 heteroatoms. The second-order valence-electron chi connectivity index (χ2n) is 2.30. The van der Waals surface area contributed by atoms with Crippen molar-refractivity contribution in [3.8, 4) is 11.5 Å². The number of benzene rings is 1. The lowest BCUT2D eigenvalue weighted by molar-refractivity contribution is 0.356. The third-order valence-corrected chi connectivity index (χ3v) is 1.39. The van der Waals surface area contributed by atoms with E-state index in [0.29, 0.717) is 0 Å². The first-order chi connectivity index (χ1) is 5.15. The molecular formula is C8H9FO2. The van der Waals surface area contributed by atoms with Crippen LogP contribution in [0, 0.1) is 12.7 Å². The van der Waals surface area contributed by atoms with Crippen molar-refractivity contribution in [2.45, 2.75) is 6.92 Å². The van der Waals surface area contributed by atoms with Crippen LogP contribution >= 0.6 is 0 Å². The summed E-state index contributed by atoms with van der Waals surface area (Å²) in [6.07, 6.45) is 0. The minimum Gasteiger partial charge on any atom is -0.502 e. The van der Waals surface area contributed by atoms with Gasteiger partial charge in [0.05, 0.1) is 7.11 Å². The van der Waals surface area contributed by atoms with E-state index in [9.17, 15) is 4.39 Å². The van der Waals surface area contributed by atoms with Crippen LogP contribution in [0.25, 0.3) is 0 Å². The number of aromatic hydroxyl groups is 1. The zero-order valence-electron chi connectivity index (χ0n) is 6.39. The molecule has 1 N–H and O–H groups in total. The van der Waals surface area contributed by atoms with Gasteiger partial charge >= 0.3 is 0 Å². The molecule has 0 aliphatic carbocycles. The zero-order chi connectivity index (χ0) is 8.43. The van der Waals surface area contributed by atoms with Crippen molar-refractivity contribution in [1.82, 2.24) is 0 Å². The van der Waals surface area contributed by atoms with Crippen molar-refractivity contribution in [3.05, 3.63) is 23.5 Å². The maximum Gasteiger partial charge on any atom is 0.194 e. The summed E-state index contributed by atoms with van der Waals surface area (Å²) < 4.78 is 17.4. The van der Waals surface area contributed by atoms with Gasteiger partial charge in [0, 0.05) is 0 Å². The van der Waals surface area contributed by atoms with E-state index in [1.54, 1.807) is 13.0 Å². The summed E-state index contributed by atoms with van der Waals surface area (Å²) in [7, 11) is 1.38. The summed E-state index contributed by atoms with van der Waals surface area (Å²) in [5, 5.41) is 9.02. The SMILES string of the molecule is COc1cc(C)cc(F)c1O. The summed E-state index contributed by atoms with van der Waals surface area (Å²) in [4.78, 5) is 0. The van der Waals surface area contributed by atoms with Gasteiger partial charge in [-0.2, -0.15) is 0 Å². The van der Waals surface area contributed by atoms with Crippen molar-refractivity contribution in [3.63, 3.8) is 0 Å². The van der Waals surface area contributed by atoms with E-state index in [1.807, 2.05) is 0 Å². The topological polar surface area (TPSA) is 29.5 Å². The van der Waals surface area contributed by atoms with Crippen molar-refractivity contribution >= 4 is 0 Å². The minimum absolute atomic E-state index is 0.169. The van der Waals surface area contributed by atoms with E-state index in [1.165, 1.54) is 13.2 Å². The van der Waals surface area contributed by atoms with Gasteiger partial charge < -0.3 is 9.84 Å². The average molecular weight is 156 g/mol. The smallest absolute Gasteiger partial charge is 0.194 e. The third kappa shape index (κ3) is 1.42. The molecule has 0 radical (unpaired) electrons. The Labute approximate surface area is 64.2 Å². The molecule has 0 atom stereocenters. The van der Waals surface area contributed by atoms with Crippen LogP contribution in [0.2, 0.25) is 0 Å². The Bertz CT molecular complexity index is 271. The Morgan fingerprint density at radius 2 is 2.09 bits per heavy atom. The number of hydrogen-bond donors (Lipinski definition) is 1. The summed E-state index contributed by atoms with van der Waals surface area (Å²) in [6, 6.07) is 2.82. The van der Waals surface area contributed by atoms with Gasteiger partial charge in [0.1, 0.15) is 0 Å². The van der Waals surface area contributed by atoms with Gasteiger partial charge in [-0.15, -0.1) is 0 Å². The molecule has 0 saturated heterocycles. The van der Waals surface area contributed by atoms with E-state index in [4.69, 9.17) is 9.84 Å². The molecule has 0 amide bonds. The van der Waals surface area contributed by atoms with Crippen LogP contribution < -0.4 is 4.74 Å². The predicted octanol–water partition coefficient (Wildman–Crippen LogP) is 1.85. The van der Waals surface area contributed by atoms with Crippen LogP contribution in [0.3, 0.4) is 0 Å². The average Bonchev–Trinajstić information content (AvgIpc) is 1.96. The van der Waals surface area contributed by atoms with Gasteiger partial charge in [-0.1, -0.05) is 0 Å². The number of halogens is 1. The second-order valence-corrected chi connectivity index (χ2v) is 2.30. The molecule has 0 heterocycles. The summed E-state index contributed by atoms with van der Waals surface area (Å²) >= 11 is 0. The lowest BCUT2D eigenvalue weighted by Crippen LogP contribution is -1.87. The number of aryl methyl sites for hydroxylation is 1. The molecule has 0 spiro atoms. The number of rotatable bonds is 1. The molecule has 11 heavy (non-hydrogen) atoms. The molecular weight excluding hydrogens is 147 g/mol. The first-order valence-electron chi connectivity index (χ1n) is 3.18. The van der Waals surface area contributed by atoms with Crippen LogP contribution in [0.4, 0.5) is 4.39 Å². The largest absolute Gasteiger partial charge is 0.502 e. The molecule has 1 aromatic carbocycles. The molecule has 0 aromatic heterocycles. The number of hydrogen-bond acceptors (Lipinski definition) is 2. The van der Waals surface area contributed by atoms with E-state index in [0.717, 1.165) is 5.56 Å². The molecule has 1 aromatic rings. The molecule has 2 nitrogen and oxygen atoms in total. The van der Waals surface area contributed by atoms with E-state index in [2.05, 4.69) is 0 Å². The monoisotopic (exact) mass is 156 g/mol. The molecule has 1 rings (SSSR count). The Hall–Kier alpha value is -1.25. The molecule has 0 fully saturated rings. The lowest BCUT2D eigenvalue weighted by atomic mass is 10.2. The van der Waals surface area contributed by atoms with Crippen LogP contribution in [-0.2, 0) is 0 Å². The number of ether oxygens (including phenoxy) is 1. The van der Waals surface area contributed by atoms with E-state index < -0.39 is 11.6 Å². The molecule has 0 aliphatic rings. The van der Waals surface area contributed by atoms with Gasteiger partial charge in [0.25, 0.3) is 0 Å². The van der Waals surface area contributed by atoms with Crippen molar-refractivity contribution < 1.29 is 14.2 Å². The first-order valence-corrected chi connectivity index (χ1v) is 3.18. The minimum atomic E-state index is -0.651. The predicted molar refractivity (Wildman–Crippen MR) is 39.4 cm³/mol. The number of phenols is 1. The Morgan fingerprint density at radius 1 is 1.45 bits per heavy atom. The number of methoxy groups -OCH3 is 1. The summed E-state index contributed by atoms with van der Waals surface area (Å²) in [5.41, 5.74) is 0.720. The van der Waals surface area contributed by atoms with Gasteiger partial charge in [-0.05, 0) is 24.6 Å². The molecule has 0 bridgehead atoms. The van der Waals surface area contributed by atoms with Crippen molar-refractivity contribution in [2.24, 2.45) is 0 Å². The highest BCUT2D eigenvalue weighted by Crippen LogP contribution is 2.29. The van der Waals surface area contributed by atoms with Gasteiger partial charge in [-0.3, -0.25) is 0 Å². The van der Waals surface area contributed by atoms with Gasteiger partial charge in [0.15, 0.2) is 17.3 Å². The van der Waals surface area contributed by atoms with Crippen LogP contribution in [0.5, 0.6) is 11.5 Å². The van der Waals surface area contributed by atoms with Crippen molar-refractivity contribution in [2.75, 3.05) is 7.11 Å². The fourth-order valence-corrected chi connectivity index (χ4v) is 0.858. The maximum atomic E-state index is 12.7. The van der Waals surface area contributed by atoms with E-state index >= 15 is 0 Å². The first kappa shape index (κ1) is 7.85. The lowest BCUT2D eigenvalue weighted by Gasteiger charge is -2.04. The van der Waals surface area contributed by atoms with Crippen LogP contribution in [0.1, 0.15) is 5.56 Å². The van der Waals surface area contributed by atoms with E-state index in [-0.39, 0.29) is 5.75 Å². The molecule has 0 unspecified atom stereocenters. The Balaban J connectivity index is 3.24. The number of phenolic OH excluding ortho intramolecular Hbond substituents is 1. The normalized spacial score (nSPS) is 9.73. The fraction of sp³-hybridized carbons (Fsp3) is 0.250.